The van der Waals surface area contributed by atoms with Crippen molar-refractivity contribution in [1.82, 2.24) is 4.90 Å². The Kier molecular flexibility index (Phi) is 4.42. The number of nitrogens with zero attached hydrogens (tertiary/aromatic N) is 1. The van der Waals surface area contributed by atoms with Crippen molar-refractivity contribution in [3.05, 3.63) is 34.9 Å². The van der Waals surface area contributed by atoms with Gasteiger partial charge < -0.3 is 10.6 Å². The van der Waals surface area contributed by atoms with Gasteiger partial charge in [0.15, 0.2) is 0 Å². The van der Waals surface area contributed by atoms with Gasteiger partial charge in [0.1, 0.15) is 6.17 Å². The largest absolute Gasteiger partial charge is 0.338 e. The van der Waals surface area contributed by atoms with E-state index in [0.29, 0.717) is 18.0 Å². The van der Waals surface area contributed by atoms with Gasteiger partial charge >= 0.3 is 0 Å². The van der Waals surface area contributed by atoms with E-state index in [9.17, 15) is 9.18 Å². The molecule has 104 valence electrons. The summed E-state index contributed by atoms with van der Waals surface area (Å²) in [5.74, 6) is -0.300. The van der Waals surface area contributed by atoms with Crippen LogP contribution in [0.3, 0.4) is 0 Å². The van der Waals surface area contributed by atoms with E-state index in [1.165, 1.54) is 4.90 Å². The summed E-state index contributed by atoms with van der Waals surface area (Å²) >= 11 is 5.83. The van der Waals surface area contributed by atoms with E-state index >= 15 is 0 Å². The molecule has 0 saturated carbocycles. The number of halogens is 2. The van der Waals surface area contributed by atoms with Gasteiger partial charge in [-0.3, -0.25) is 4.79 Å². The third-order valence-electron chi connectivity index (χ3n) is 3.66. The summed E-state index contributed by atoms with van der Waals surface area (Å²) in [5.41, 5.74) is 6.97. The molecule has 0 radical (unpaired) electrons. The Labute approximate surface area is 117 Å². The Morgan fingerprint density at radius 1 is 1.47 bits per heavy atom. The molecular formula is C14H18ClFN2O. The fraction of sp³-hybridized carbons (Fsp3) is 0.500. The standard InChI is InChI=1S/C14H18ClFN2O/c1-9(10-2-4-11(15)5-3-10)13(17)14(19)18-7-6-12(16)8-18/h2-5,9,12-13H,6-8,17H2,1H3/t9-,12-,13?/m0/s1. The average Bonchev–Trinajstić information content (AvgIpc) is 2.84. The summed E-state index contributed by atoms with van der Waals surface area (Å²) in [7, 11) is 0. The highest BCUT2D eigenvalue weighted by atomic mass is 35.5. The number of carbonyl (C=O) groups is 1. The molecule has 1 saturated heterocycles. The van der Waals surface area contributed by atoms with Crippen molar-refractivity contribution in [2.75, 3.05) is 13.1 Å². The summed E-state index contributed by atoms with van der Waals surface area (Å²) in [6.07, 6.45) is -0.504. The smallest absolute Gasteiger partial charge is 0.240 e. The van der Waals surface area contributed by atoms with Crippen molar-refractivity contribution in [3.8, 4) is 0 Å². The maximum absolute atomic E-state index is 13.1. The first kappa shape index (κ1) is 14.3. The number of amides is 1. The van der Waals surface area contributed by atoms with Crippen LogP contribution in [0.25, 0.3) is 0 Å². The molecule has 1 aliphatic heterocycles. The van der Waals surface area contributed by atoms with E-state index in [1.807, 2.05) is 19.1 Å². The zero-order valence-electron chi connectivity index (χ0n) is 10.9. The van der Waals surface area contributed by atoms with Gasteiger partial charge in [-0.1, -0.05) is 30.7 Å². The lowest BCUT2D eigenvalue weighted by molar-refractivity contribution is -0.132. The van der Waals surface area contributed by atoms with E-state index in [2.05, 4.69) is 0 Å². The lowest BCUT2D eigenvalue weighted by atomic mass is 9.93. The van der Waals surface area contributed by atoms with Crippen LogP contribution in [0.5, 0.6) is 0 Å². The zero-order valence-corrected chi connectivity index (χ0v) is 11.6. The van der Waals surface area contributed by atoms with Crippen LogP contribution in [0, 0.1) is 0 Å². The summed E-state index contributed by atoms with van der Waals surface area (Å²) < 4.78 is 13.1. The number of benzene rings is 1. The molecule has 5 heteroatoms. The molecule has 2 rings (SSSR count). The van der Waals surface area contributed by atoms with Crippen LogP contribution < -0.4 is 5.73 Å². The molecule has 3 atom stereocenters. The van der Waals surface area contributed by atoms with Gasteiger partial charge in [-0.2, -0.15) is 0 Å². The summed E-state index contributed by atoms with van der Waals surface area (Å²) in [5, 5.41) is 0.649. The second-order valence-corrected chi connectivity index (χ2v) is 5.47. The van der Waals surface area contributed by atoms with Crippen molar-refractivity contribution in [3.63, 3.8) is 0 Å². The number of hydrogen-bond donors (Lipinski definition) is 1. The molecule has 0 aromatic heterocycles. The topological polar surface area (TPSA) is 46.3 Å². The Bertz CT molecular complexity index is 451. The van der Waals surface area contributed by atoms with Gasteiger partial charge in [0, 0.05) is 17.5 Å². The third kappa shape index (κ3) is 3.25. The highest BCUT2D eigenvalue weighted by Gasteiger charge is 2.31. The zero-order chi connectivity index (χ0) is 14.0. The first-order valence-electron chi connectivity index (χ1n) is 6.43. The molecule has 1 aromatic carbocycles. The molecule has 1 heterocycles. The molecule has 0 spiro atoms. The second-order valence-electron chi connectivity index (χ2n) is 5.04. The highest BCUT2D eigenvalue weighted by molar-refractivity contribution is 6.30. The van der Waals surface area contributed by atoms with Crippen LogP contribution in [-0.2, 0) is 4.79 Å². The van der Waals surface area contributed by atoms with Gasteiger partial charge in [-0.25, -0.2) is 4.39 Å². The molecule has 1 amide bonds. The number of nitrogens with two attached hydrogens (primary N) is 1. The van der Waals surface area contributed by atoms with E-state index < -0.39 is 12.2 Å². The summed E-state index contributed by atoms with van der Waals surface area (Å²) in [4.78, 5) is 13.7. The molecule has 2 N–H and O–H groups in total. The number of hydrogen-bond acceptors (Lipinski definition) is 2. The minimum absolute atomic E-state index is 0.122. The predicted octanol–water partition coefficient (Wildman–Crippen LogP) is 2.34. The molecule has 1 unspecified atom stereocenters. The van der Waals surface area contributed by atoms with Gasteiger partial charge in [0.2, 0.25) is 5.91 Å². The van der Waals surface area contributed by atoms with Crippen molar-refractivity contribution in [2.24, 2.45) is 5.73 Å². The minimum Gasteiger partial charge on any atom is -0.338 e. The van der Waals surface area contributed by atoms with Gasteiger partial charge in [-0.05, 0) is 24.1 Å². The van der Waals surface area contributed by atoms with E-state index in [1.54, 1.807) is 12.1 Å². The van der Waals surface area contributed by atoms with Gasteiger partial charge in [0.05, 0.1) is 12.6 Å². The Morgan fingerprint density at radius 3 is 2.63 bits per heavy atom. The fourth-order valence-electron chi connectivity index (χ4n) is 2.32. The lowest BCUT2D eigenvalue weighted by Gasteiger charge is -2.25. The SMILES string of the molecule is C[C@@H](c1ccc(Cl)cc1)C(N)C(=O)N1CC[C@H](F)C1. The number of likely N-dealkylation sites (tertiary alicyclic amines) is 1. The van der Waals surface area contributed by atoms with Crippen molar-refractivity contribution >= 4 is 17.5 Å². The van der Waals surface area contributed by atoms with Crippen LogP contribution in [0.4, 0.5) is 4.39 Å². The third-order valence-corrected chi connectivity index (χ3v) is 3.91. The first-order valence-corrected chi connectivity index (χ1v) is 6.80. The quantitative estimate of drug-likeness (QED) is 0.926. The maximum Gasteiger partial charge on any atom is 0.240 e. The summed E-state index contributed by atoms with van der Waals surface area (Å²) in [6, 6.07) is 6.63. The van der Waals surface area contributed by atoms with Crippen LogP contribution in [0.2, 0.25) is 5.02 Å². The maximum atomic E-state index is 13.1. The molecule has 1 aliphatic rings. The molecule has 3 nitrogen and oxygen atoms in total. The second kappa shape index (κ2) is 5.88. The molecular weight excluding hydrogens is 267 g/mol. The fourth-order valence-corrected chi connectivity index (χ4v) is 2.44. The van der Waals surface area contributed by atoms with Crippen LogP contribution in [-0.4, -0.2) is 36.1 Å². The Balaban J connectivity index is 2.04. The molecule has 0 aliphatic carbocycles. The monoisotopic (exact) mass is 284 g/mol. The van der Waals surface area contributed by atoms with Crippen molar-refractivity contribution in [2.45, 2.75) is 31.5 Å². The molecule has 19 heavy (non-hydrogen) atoms. The summed E-state index contributed by atoms with van der Waals surface area (Å²) in [6.45, 7) is 2.52. The normalized spacial score (nSPS) is 22.3. The van der Waals surface area contributed by atoms with Crippen LogP contribution in [0.1, 0.15) is 24.8 Å². The van der Waals surface area contributed by atoms with Crippen LogP contribution >= 0.6 is 11.6 Å². The number of rotatable bonds is 3. The molecule has 1 fully saturated rings. The van der Waals surface area contributed by atoms with E-state index in [-0.39, 0.29) is 18.4 Å². The minimum atomic E-state index is -0.915. The van der Waals surface area contributed by atoms with Gasteiger partial charge in [0.25, 0.3) is 0 Å². The Hall–Kier alpha value is -1.13. The molecule has 0 bridgehead atoms. The number of carbonyl (C=O) groups excluding carboxylic acids is 1. The van der Waals surface area contributed by atoms with E-state index in [0.717, 1.165) is 5.56 Å². The van der Waals surface area contributed by atoms with E-state index in [4.69, 9.17) is 17.3 Å². The van der Waals surface area contributed by atoms with Crippen molar-refractivity contribution in [1.29, 1.82) is 0 Å². The Morgan fingerprint density at radius 2 is 2.11 bits per heavy atom. The molecule has 1 aromatic rings. The predicted molar refractivity (Wildman–Crippen MR) is 73.9 cm³/mol. The number of alkyl halides is 1. The van der Waals surface area contributed by atoms with Gasteiger partial charge in [-0.15, -0.1) is 0 Å². The first-order chi connectivity index (χ1) is 8.99. The average molecular weight is 285 g/mol. The lowest BCUT2D eigenvalue weighted by Crippen LogP contribution is -2.45. The van der Waals surface area contributed by atoms with Crippen LogP contribution in [0.15, 0.2) is 24.3 Å². The highest BCUT2D eigenvalue weighted by Crippen LogP contribution is 2.23. The van der Waals surface area contributed by atoms with Crippen molar-refractivity contribution < 1.29 is 9.18 Å².